The van der Waals surface area contributed by atoms with Gasteiger partial charge in [0.2, 0.25) is 11.8 Å². The fourth-order valence-corrected chi connectivity index (χ4v) is 3.49. The summed E-state index contributed by atoms with van der Waals surface area (Å²) in [4.78, 5) is 27.9. The quantitative estimate of drug-likeness (QED) is 0.773. The van der Waals surface area contributed by atoms with Crippen LogP contribution in [0.4, 0.5) is 0 Å². The third-order valence-corrected chi connectivity index (χ3v) is 4.85. The number of hydrogen-bond donors (Lipinski definition) is 0. The van der Waals surface area contributed by atoms with Crippen LogP contribution in [0.2, 0.25) is 0 Å². The van der Waals surface area contributed by atoms with Crippen molar-refractivity contribution in [3.63, 3.8) is 0 Å². The van der Waals surface area contributed by atoms with E-state index < -0.39 is 0 Å². The maximum atomic E-state index is 12.3. The molecule has 1 atom stereocenters. The van der Waals surface area contributed by atoms with Gasteiger partial charge in [0.25, 0.3) is 0 Å². The molecule has 104 valence electrons. The summed E-state index contributed by atoms with van der Waals surface area (Å²) >= 11 is 1.63. The lowest BCUT2D eigenvalue weighted by Gasteiger charge is -2.33. The van der Waals surface area contributed by atoms with Gasteiger partial charge in [-0.25, -0.2) is 0 Å². The molecule has 0 aromatic rings. The molecule has 0 aromatic carbocycles. The van der Waals surface area contributed by atoms with E-state index >= 15 is 0 Å². The third kappa shape index (κ3) is 3.03. The van der Waals surface area contributed by atoms with Crippen molar-refractivity contribution in [2.45, 2.75) is 31.7 Å². The summed E-state index contributed by atoms with van der Waals surface area (Å²) in [6.45, 7) is 0.432. The molecule has 1 saturated carbocycles. The number of likely N-dealkylation sites (N-methyl/N-ethyl adjacent to an activating group) is 1. The first-order valence-electron chi connectivity index (χ1n) is 6.65. The van der Waals surface area contributed by atoms with Gasteiger partial charge in [-0.05, 0) is 12.8 Å². The van der Waals surface area contributed by atoms with E-state index in [2.05, 4.69) is 0 Å². The van der Waals surface area contributed by atoms with Gasteiger partial charge in [0.05, 0.1) is 18.4 Å². The maximum Gasteiger partial charge on any atom is 0.246 e. The number of nitriles is 1. The van der Waals surface area contributed by atoms with Gasteiger partial charge >= 0.3 is 0 Å². The topological polar surface area (TPSA) is 64.4 Å². The minimum absolute atomic E-state index is 0.0343. The number of thioether (sulfide) groups is 1. The highest BCUT2D eigenvalue weighted by Gasteiger charge is 2.40. The summed E-state index contributed by atoms with van der Waals surface area (Å²) in [5, 5.41) is 8.56. The van der Waals surface area contributed by atoms with Crippen LogP contribution in [0.3, 0.4) is 0 Å². The number of amides is 2. The first kappa shape index (κ1) is 14.2. The standard InChI is InChI=1S/C13H19N3O2S/c1-15(7-3-6-14)13(18)11-8-19-9-16(11)12(17)10-4-2-5-10/h10-11H,2-5,7-9H2,1H3. The molecule has 1 aliphatic carbocycles. The molecule has 2 rings (SSSR count). The second-order valence-corrected chi connectivity index (χ2v) is 6.12. The summed E-state index contributed by atoms with van der Waals surface area (Å²) in [7, 11) is 1.70. The van der Waals surface area contributed by atoms with Gasteiger partial charge in [-0.15, -0.1) is 11.8 Å². The second-order valence-electron chi connectivity index (χ2n) is 5.12. The summed E-state index contributed by atoms with van der Waals surface area (Å²) in [6, 6.07) is 1.70. The Morgan fingerprint density at radius 2 is 2.21 bits per heavy atom. The molecule has 5 nitrogen and oxygen atoms in total. The average Bonchev–Trinajstić information content (AvgIpc) is 2.81. The summed E-state index contributed by atoms with van der Waals surface area (Å²) < 4.78 is 0. The van der Waals surface area contributed by atoms with Crippen LogP contribution in [0.1, 0.15) is 25.7 Å². The highest BCUT2D eigenvalue weighted by atomic mass is 32.2. The summed E-state index contributed by atoms with van der Waals surface area (Å²) in [5.41, 5.74) is 0. The molecule has 2 amide bonds. The predicted octanol–water partition coefficient (Wildman–Crippen LogP) is 1.06. The SMILES string of the molecule is CN(CCC#N)C(=O)C1CSCN1C(=O)C1CCC1. The molecular formula is C13H19N3O2S. The molecule has 1 saturated heterocycles. The van der Waals surface area contributed by atoms with Crippen molar-refractivity contribution >= 4 is 23.6 Å². The zero-order valence-electron chi connectivity index (χ0n) is 11.2. The lowest BCUT2D eigenvalue weighted by atomic mass is 9.84. The Balaban J connectivity index is 1.95. The van der Waals surface area contributed by atoms with Crippen molar-refractivity contribution in [2.75, 3.05) is 25.2 Å². The fraction of sp³-hybridized carbons (Fsp3) is 0.769. The summed E-state index contributed by atoms with van der Waals surface area (Å²) in [5.74, 6) is 1.54. The minimum atomic E-state index is -0.332. The smallest absolute Gasteiger partial charge is 0.246 e. The van der Waals surface area contributed by atoms with Crippen molar-refractivity contribution in [3.8, 4) is 6.07 Å². The van der Waals surface area contributed by atoms with Crippen LogP contribution in [-0.4, -0.2) is 52.9 Å². The van der Waals surface area contributed by atoms with E-state index in [4.69, 9.17) is 5.26 Å². The van der Waals surface area contributed by atoms with E-state index in [0.29, 0.717) is 24.6 Å². The molecule has 6 heteroatoms. The lowest BCUT2D eigenvalue weighted by Crippen LogP contribution is -2.50. The first-order chi connectivity index (χ1) is 9.15. The zero-order chi connectivity index (χ0) is 13.8. The molecule has 2 fully saturated rings. The normalized spacial score (nSPS) is 22.7. The van der Waals surface area contributed by atoms with E-state index in [1.54, 1.807) is 28.6 Å². The number of rotatable bonds is 4. The monoisotopic (exact) mass is 281 g/mol. The van der Waals surface area contributed by atoms with Crippen LogP contribution in [-0.2, 0) is 9.59 Å². The number of nitrogens with zero attached hydrogens (tertiary/aromatic N) is 3. The van der Waals surface area contributed by atoms with Crippen molar-refractivity contribution < 1.29 is 9.59 Å². The van der Waals surface area contributed by atoms with Gasteiger partial charge in [0.1, 0.15) is 6.04 Å². The Kier molecular flexibility index (Phi) is 4.70. The van der Waals surface area contributed by atoms with Crippen LogP contribution in [0.5, 0.6) is 0 Å². The predicted molar refractivity (Wildman–Crippen MR) is 73.2 cm³/mol. The van der Waals surface area contributed by atoms with Crippen molar-refractivity contribution in [1.29, 1.82) is 5.26 Å². The first-order valence-corrected chi connectivity index (χ1v) is 7.80. The number of hydrogen-bond acceptors (Lipinski definition) is 4. The Morgan fingerprint density at radius 3 is 2.79 bits per heavy atom. The van der Waals surface area contributed by atoms with Crippen LogP contribution in [0.25, 0.3) is 0 Å². The van der Waals surface area contributed by atoms with Crippen LogP contribution < -0.4 is 0 Å². The zero-order valence-corrected chi connectivity index (χ0v) is 12.0. The van der Waals surface area contributed by atoms with Crippen molar-refractivity contribution in [3.05, 3.63) is 0 Å². The molecule has 1 aliphatic heterocycles. The Labute approximate surface area is 117 Å². The fourth-order valence-electron chi connectivity index (χ4n) is 2.34. The van der Waals surface area contributed by atoms with E-state index in [1.165, 1.54) is 0 Å². The van der Waals surface area contributed by atoms with Gasteiger partial charge in [-0.1, -0.05) is 6.42 Å². The molecule has 0 radical (unpaired) electrons. The van der Waals surface area contributed by atoms with Crippen molar-refractivity contribution in [1.82, 2.24) is 9.80 Å². The highest BCUT2D eigenvalue weighted by molar-refractivity contribution is 7.99. The minimum Gasteiger partial charge on any atom is -0.343 e. The summed E-state index contributed by atoms with van der Waals surface area (Å²) in [6.07, 6.45) is 3.38. The average molecular weight is 281 g/mol. The Morgan fingerprint density at radius 1 is 1.47 bits per heavy atom. The number of carbonyl (C=O) groups excluding carboxylic acids is 2. The van der Waals surface area contributed by atoms with Crippen LogP contribution >= 0.6 is 11.8 Å². The van der Waals surface area contributed by atoms with Crippen molar-refractivity contribution in [2.24, 2.45) is 5.92 Å². The Hall–Kier alpha value is -1.22. The maximum absolute atomic E-state index is 12.3. The second kappa shape index (κ2) is 6.29. The molecule has 0 aromatic heterocycles. The van der Waals surface area contributed by atoms with Gasteiger partial charge in [0.15, 0.2) is 0 Å². The van der Waals surface area contributed by atoms with Gasteiger partial charge < -0.3 is 9.80 Å². The number of carbonyl (C=O) groups is 2. The molecule has 19 heavy (non-hydrogen) atoms. The van der Waals surface area contributed by atoms with Crippen LogP contribution in [0, 0.1) is 17.2 Å². The van der Waals surface area contributed by atoms with Crippen LogP contribution in [0.15, 0.2) is 0 Å². The molecule has 0 N–H and O–H groups in total. The molecule has 0 spiro atoms. The lowest BCUT2D eigenvalue weighted by molar-refractivity contribution is -0.146. The van der Waals surface area contributed by atoms with E-state index in [9.17, 15) is 9.59 Å². The van der Waals surface area contributed by atoms with E-state index in [-0.39, 0.29) is 23.8 Å². The molecular weight excluding hydrogens is 262 g/mol. The van der Waals surface area contributed by atoms with E-state index in [1.807, 2.05) is 6.07 Å². The molecule has 1 unspecified atom stereocenters. The largest absolute Gasteiger partial charge is 0.343 e. The van der Waals surface area contributed by atoms with Gasteiger partial charge in [0, 0.05) is 25.3 Å². The molecule has 1 heterocycles. The highest BCUT2D eigenvalue weighted by Crippen LogP contribution is 2.32. The third-order valence-electron chi connectivity index (χ3n) is 3.84. The molecule has 2 aliphatic rings. The molecule has 0 bridgehead atoms. The van der Waals surface area contributed by atoms with Gasteiger partial charge in [-0.2, -0.15) is 5.26 Å². The van der Waals surface area contributed by atoms with E-state index in [0.717, 1.165) is 19.3 Å². The Bertz CT molecular complexity index is 403. The van der Waals surface area contributed by atoms with Gasteiger partial charge in [-0.3, -0.25) is 9.59 Å².